The predicted octanol–water partition coefficient (Wildman–Crippen LogP) is 5.20. The molecule has 138 valence electrons. The molecule has 0 radical (unpaired) electrons. The van der Waals surface area contributed by atoms with Crippen LogP contribution in [0.5, 0.6) is 17.2 Å². The first-order valence-electron chi connectivity index (χ1n) is 8.68. The van der Waals surface area contributed by atoms with E-state index in [0.29, 0.717) is 29.4 Å². The average molecular weight is 365 g/mol. The maximum Gasteiger partial charge on any atom is 0.228 e. The lowest BCUT2D eigenvalue weighted by Gasteiger charge is -2.13. The van der Waals surface area contributed by atoms with Crippen molar-refractivity contribution in [3.8, 4) is 17.2 Å². The van der Waals surface area contributed by atoms with Gasteiger partial charge in [0.2, 0.25) is 5.91 Å². The fraction of sp³-hybridized carbons (Fsp3) is 0.136. The average Bonchev–Trinajstić information content (AvgIpc) is 2.65. The SMILES string of the molecule is CCOc1ccc(Oc2ccccc2NC(=O)Cc2cccc(F)c2)cc1. The fourth-order valence-electron chi connectivity index (χ4n) is 2.58. The van der Waals surface area contributed by atoms with Crippen LogP contribution in [0, 0.1) is 5.82 Å². The third-order valence-electron chi connectivity index (χ3n) is 3.78. The van der Waals surface area contributed by atoms with Crippen LogP contribution in [0.3, 0.4) is 0 Å². The van der Waals surface area contributed by atoms with E-state index in [1.54, 1.807) is 36.4 Å². The van der Waals surface area contributed by atoms with Gasteiger partial charge in [0.15, 0.2) is 5.75 Å². The second-order valence-electron chi connectivity index (χ2n) is 5.86. The number of benzene rings is 3. The Morgan fingerprint density at radius 1 is 0.963 bits per heavy atom. The van der Waals surface area contributed by atoms with Crippen LogP contribution in [0.4, 0.5) is 10.1 Å². The molecule has 0 aromatic heterocycles. The smallest absolute Gasteiger partial charge is 0.228 e. The first-order chi connectivity index (χ1) is 13.1. The molecule has 0 spiro atoms. The van der Waals surface area contributed by atoms with Gasteiger partial charge in [-0.25, -0.2) is 4.39 Å². The van der Waals surface area contributed by atoms with E-state index in [1.165, 1.54) is 12.1 Å². The summed E-state index contributed by atoms with van der Waals surface area (Å²) in [5, 5.41) is 2.82. The van der Waals surface area contributed by atoms with Crippen molar-refractivity contribution in [1.82, 2.24) is 0 Å². The Morgan fingerprint density at radius 2 is 1.70 bits per heavy atom. The Bertz CT molecular complexity index is 909. The minimum atomic E-state index is -0.362. The van der Waals surface area contributed by atoms with Crippen LogP contribution >= 0.6 is 0 Å². The van der Waals surface area contributed by atoms with E-state index in [-0.39, 0.29) is 18.1 Å². The van der Waals surface area contributed by atoms with E-state index in [2.05, 4.69) is 5.32 Å². The third-order valence-corrected chi connectivity index (χ3v) is 3.78. The van der Waals surface area contributed by atoms with Crippen molar-refractivity contribution >= 4 is 11.6 Å². The van der Waals surface area contributed by atoms with Gasteiger partial charge in [-0.05, 0) is 61.0 Å². The number of ether oxygens (including phenoxy) is 2. The standard InChI is InChI=1S/C22H20FNO3/c1-2-26-18-10-12-19(13-11-18)27-21-9-4-3-8-20(21)24-22(25)15-16-6-5-7-17(23)14-16/h3-14H,2,15H2,1H3,(H,24,25). The Morgan fingerprint density at radius 3 is 2.44 bits per heavy atom. The number of para-hydroxylation sites is 2. The van der Waals surface area contributed by atoms with Crippen LogP contribution in [0.25, 0.3) is 0 Å². The van der Waals surface area contributed by atoms with Gasteiger partial charge in [-0.3, -0.25) is 4.79 Å². The highest BCUT2D eigenvalue weighted by Crippen LogP contribution is 2.30. The molecular weight excluding hydrogens is 345 g/mol. The van der Waals surface area contributed by atoms with Crippen molar-refractivity contribution in [3.05, 3.63) is 84.2 Å². The zero-order valence-corrected chi connectivity index (χ0v) is 14.9. The molecule has 0 bridgehead atoms. The molecule has 0 fully saturated rings. The van der Waals surface area contributed by atoms with Gasteiger partial charge in [0.25, 0.3) is 0 Å². The lowest BCUT2D eigenvalue weighted by Crippen LogP contribution is -2.15. The summed E-state index contributed by atoms with van der Waals surface area (Å²) in [6.07, 6.45) is 0.0785. The highest BCUT2D eigenvalue weighted by Gasteiger charge is 2.10. The molecule has 3 aromatic rings. The van der Waals surface area contributed by atoms with Crippen molar-refractivity contribution in [1.29, 1.82) is 0 Å². The van der Waals surface area contributed by atoms with Gasteiger partial charge in [-0.2, -0.15) is 0 Å². The molecular formula is C22H20FNO3. The summed E-state index contributed by atoms with van der Waals surface area (Å²) in [6, 6.07) is 20.4. The zero-order valence-electron chi connectivity index (χ0n) is 14.9. The molecule has 1 amide bonds. The van der Waals surface area contributed by atoms with E-state index in [9.17, 15) is 9.18 Å². The topological polar surface area (TPSA) is 47.6 Å². The quantitative estimate of drug-likeness (QED) is 0.626. The lowest BCUT2D eigenvalue weighted by atomic mass is 10.1. The Labute approximate surface area is 157 Å². The number of halogens is 1. The van der Waals surface area contributed by atoms with Crippen molar-refractivity contribution in [3.63, 3.8) is 0 Å². The maximum atomic E-state index is 13.3. The van der Waals surface area contributed by atoms with Gasteiger partial charge in [0.1, 0.15) is 17.3 Å². The summed E-state index contributed by atoms with van der Waals surface area (Å²) in [5.41, 5.74) is 1.16. The fourth-order valence-corrected chi connectivity index (χ4v) is 2.58. The van der Waals surface area contributed by atoms with Gasteiger partial charge in [0.05, 0.1) is 18.7 Å². The number of rotatable bonds is 7. The Hall–Kier alpha value is -3.34. The predicted molar refractivity (Wildman–Crippen MR) is 103 cm³/mol. The molecule has 3 rings (SSSR count). The first-order valence-corrected chi connectivity index (χ1v) is 8.68. The van der Waals surface area contributed by atoms with Crippen LogP contribution in [0.1, 0.15) is 12.5 Å². The molecule has 5 heteroatoms. The first kappa shape index (κ1) is 18.5. The highest BCUT2D eigenvalue weighted by molar-refractivity contribution is 5.93. The van der Waals surface area contributed by atoms with Gasteiger partial charge < -0.3 is 14.8 Å². The highest BCUT2D eigenvalue weighted by atomic mass is 19.1. The van der Waals surface area contributed by atoms with Gasteiger partial charge >= 0.3 is 0 Å². The zero-order chi connectivity index (χ0) is 19.1. The van der Waals surface area contributed by atoms with Crippen molar-refractivity contribution < 1.29 is 18.7 Å². The molecule has 0 aliphatic heterocycles. The number of nitrogens with one attached hydrogen (secondary N) is 1. The molecule has 4 nitrogen and oxygen atoms in total. The van der Waals surface area contributed by atoms with E-state index in [4.69, 9.17) is 9.47 Å². The normalized spacial score (nSPS) is 10.3. The largest absolute Gasteiger partial charge is 0.494 e. The minimum Gasteiger partial charge on any atom is -0.494 e. The van der Waals surface area contributed by atoms with Gasteiger partial charge in [-0.1, -0.05) is 24.3 Å². The summed E-state index contributed by atoms with van der Waals surface area (Å²) in [5.74, 6) is 1.31. The summed E-state index contributed by atoms with van der Waals surface area (Å²) in [6.45, 7) is 2.52. The van der Waals surface area contributed by atoms with Crippen molar-refractivity contribution in [2.24, 2.45) is 0 Å². The van der Waals surface area contributed by atoms with Gasteiger partial charge in [-0.15, -0.1) is 0 Å². The van der Waals surface area contributed by atoms with Crippen LogP contribution in [-0.4, -0.2) is 12.5 Å². The van der Waals surface area contributed by atoms with Gasteiger partial charge in [0, 0.05) is 0 Å². The Kier molecular flexibility index (Phi) is 6.05. The molecule has 0 saturated carbocycles. The monoisotopic (exact) mass is 365 g/mol. The Balaban J connectivity index is 1.69. The lowest BCUT2D eigenvalue weighted by molar-refractivity contribution is -0.115. The van der Waals surface area contributed by atoms with E-state index >= 15 is 0 Å². The van der Waals surface area contributed by atoms with E-state index in [1.807, 2.05) is 31.2 Å². The molecule has 0 saturated heterocycles. The maximum absolute atomic E-state index is 13.3. The number of carbonyl (C=O) groups is 1. The molecule has 0 aliphatic rings. The molecule has 1 N–H and O–H groups in total. The van der Waals surface area contributed by atoms with Crippen LogP contribution in [0.15, 0.2) is 72.8 Å². The minimum absolute atomic E-state index is 0.0785. The van der Waals surface area contributed by atoms with Crippen LogP contribution in [-0.2, 0) is 11.2 Å². The molecule has 0 heterocycles. The summed E-state index contributed by atoms with van der Waals surface area (Å²) in [4.78, 5) is 12.3. The number of anilines is 1. The molecule has 0 aliphatic carbocycles. The molecule has 3 aromatic carbocycles. The molecule has 0 unspecified atom stereocenters. The molecule has 0 atom stereocenters. The summed E-state index contributed by atoms with van der Waals surface area (Å²) in [7, 11) is 0. The number of hydrogen-bond donors (Lipinski definition) is 1. The third kappa shape index (κ3) is 5.31. The summed E-state index contributed by atoms with van der Waals surface area (Å²) < 4.78 is 24.6. The second kappa shape index (κ2) is 8.85. The summed E-state index contributed by atoms with van der Waals surface area (Å²) >= 11 is 0. The van der Waals surface area contributed by atoms with Crippen molar-refractivity contribution in [2.45, 2.75) is 13.3 Å². The van der Waals surface area contributed by atoms with E-state index in [0.717, 1.165) is 5.75 Å². The number of hydrogen-bond acceptors (Lipinski definition) is 3. The van der Waals surface area contributed by atoms with Crippen molar-refractivity contribution in [2.75, 3.05) is 11.9 Å². The van der Waals surface area contributed by atoms with Crippen LogP contribution in [0.2, 0.25) is 0 Å². The molecule has 27 heavy (non-hydrogen) atoms. The number of carbonyl (C=O) groups excluding carboxylic acids is 1. The number of amides is 1. The van der Waals surface area contributed by atoms with Crippen LogP contribution < -0.4 is 14.8 Å². The second-order valence-corrected chi connectivity index (χ2v) is 5.86. The van der Waals surface area contributed by atoms with E-state index < -0.39 is 0 Å².